The molecule has 4 rings (SSSR count). The number of carbonyl (C=O) groups is 1. The second-order valence-corrected chi connectivity index (χ2v) is 6.33. The molecule has 1 amide bonds. The van der Waals surface area contributed by atoms with E-state index in [0.29, 0.717) is 11.3 Å². The van der Waals surface area contributed by atoms with Crippen molar-refractivity contribution in [2.45, 2.75) is 37.8 Å². The second-order valence-electron chi connectivity index (χ2n) is 6.33. The zero-order valence-corrected chi connectivity index (χ0v) is 13.8. The summed E-state index contributed by atoms with van der Waals surface area (Å²) in [5.74, 6) is 0.769. The number of aromatic nitrogens is 3. The van der Waals surface area contributed by atoms with E-state index < -0.39 is 0 Å². The van der Waals surface area contributed by atoms with Crippen LogP contribution < -0.4 is 10.1 Å². The van der Waals surface area contributed by atoms with Crippen LogP contribution in [-0.4, -0.2) is 32.7 Å². The fraction of sp³-hybridized carbons (Fsp3) is 0.316. The number of fused-ring (bicyclic) bond motifs is 1. The molecule has 0 aliphatic heterocycles. The van der Waals surface area contributed by atoms with E-state index in [1.54, 1.807) is 29.0 Å². The highest BCUT2D eigenvalue weighted by molar-refractivity contribution is 5.93. The largest absolute Gasteiger partial charge is 0.490 e. The third kappa shape index (κ3) is 3.63. The van der Waals surface area contributed by atoms with Crippen molar-refractivity contribution < 1.29 is 9.53 Å². The van der Waals surface area contributed by atoms with Gasteiger partial charge >= 0.3 is 0 Å². The quantitative estimate of drug-likeness (QED) is 0.795. The van der Waals surface area contributed by atoms with Gasteiger partial charge in [-0.2, -0.15) is 5.10 Å². The van der Waals surface area contributed by atoms with Crippen LogP contribution in [0.25, 0.3) is 5.65 Å². The zero-order valence-electron chi connectivity index (χ0n) is 13.8. The Morgan fingerprint density at radius 1 is 1.12 bits per heavy atom. The summed E-state index contributed by atoms with van der Waals surface area (Å²) in [4.78, 5) is 16.6. The fourth-order valence-corrected chi connectivity index (χ4v) is 3.22. The third-order valence-electron chi connectivity index (χ3n) is 4.52. The number of rotatable bonds is 4. The molecule has 3 aromatic rings. The molecule has 0 unspecified atom stereocenters. The highest BCUT2D eigenvalue weighted by atomic mass is 16.5. The lowest BCUT2D eigenvalue weighted by Gasteiger charge is -2.29. The van der Waals surface area contributed by atoms with Crippen molar-refractivity contribution in [3.8, 4) is 5.75 Å². The van der Waals surface area contributed by atoms with Gasteiger partial charge in [-0.3, -0.25) is 4.79 Å². The van der Waals surface area contributed by atoms with Gasteiger partial charge in [-0.1, -0.05) is 18.2 Å². The van der Waals surface area contributed by atoms with Gasteiger partial charge in [0.15, 0.2) is 11.3 Å². The molecule has 0 bridgehead atoms. The minimum Gasteiger partial charge on any atom is -0.490 e. The van der Waals surface area contributed by atoms with Gasteiger partial charge in [-0.25, -0.2) is 9.50 Å². The number of benzene rings is 1. The number of hydrogen-bond acceptors (Lipinski definition) is 4. The maximum absolute atomic E-state index is 12.4. The van der Waals surface area contributed by atoms with Crippen LogP contribution >= 0.6 is 0 Å². The fourth-order valence-electron chi connectivity index (χ4n) is 3.22. The normalized spacial score (nSPS) is 20.3. The van der Waals surface area contributed by atoms with Crippen molar-refractivity contribution in [3.63, 3.8) is 0 Å². The molecule has 128 valence electrons. The van der Waals surface area contributed by atoms with E-state index in [-0.39, 0.29) is 18.1 Å². The van der Waals surface area contributed by atoms with Crippen molar-refractivity contribution in [1.82, 2.24) is 19.9 Å². The summed E-state index contributed by atoms with van der Waals surface area (Å²) in [6.07, 6.45) is 7.39. The van der Waals surface area contributed by atoms with Crippen LogP contribution in [0.15, 0.2) is 54.9 Å². The Labute approximate surface area is 145 Å². The molecule has 1 fully saturated rings. The smallest absolute Gasteiger partial charge is 0.272 e. The van der Waals surface area contributed by atoms with Crippen molar-refractivity contribution in [2.24, 2.45) is 0 Å². The Hall–Kier alpha value is -2.89. The predicted octanol–water partition coefficient (Wildman–Crippen LogP) is 2.85. The predicted molar refractivity (Wildman–Crippen MR) is 93.6 cm³/mol. The van der Waals surface area contributed by atoms with Crippen LogP contribution in [-0.2, 0) is 0 Å². The summed E-state index contributed by atoms with van der Waals surface area (Å²) >= 11 is 0. The van der Waals surface area contributed by atoms with Crippen LogP contribution in [0.3, 0.4) is 0 Å². The van der Waals surface area contributed by atoms with Crippen LogP contribution in [0, 0.1) is 0 Å². The van der Waals surface area contributed by atoms with E-state index >= 15 is 0 Å². The van der Waals surface area contributed by atoms with E-state index in [4.69, 9.17) is 4.74 Å². The molecule has 0 saturated heterocycles. The molecule has 0 atom stereocenters. The highest BCUT2D eigenvalue weighted by Crippen LogP contribution is 2.24. The number of hydrogen-bond donors (Lipinski definition) is 1. The average molecular weight is 336 g/mol. The maximum Gasteiger partial charge on any atom is 0.272 e. The molecule has 6 heteroatoms. The Balaban J connectivity index is 1.31. The first kappa shape index (κ1) is 15.6. The molecule has 1 aromatic carbocycles. The molecule has 1 aliphatic rings. The Bertz CT molecular complexity index is 821. The average Bonchev–Trinajstić information content (AvgIpc) is 3.09. The molecule has 1 aliphatic carbocycles. The molecular weight excluding hydrogens is 316 g/mol. The number of amides is 1. The Morgan fingerprint density at radius 2 is 1.92 bits per heavy atom. The van der Waals surface area contributed by atoms with Gasteiger partial charge in [0.25, 0.3) is 5.91 Å². The zero-order chi connectivity index (χ0) is 17.1. The van der Waals surface area contributed by atoms with Crippen LogP contribution in [0.2, 0.25) is 0 Å². The lowest BCUT2D eigenvalue weighted by atomic mass is 9.93. The van der Waals surface area contributed by atoms with Gasteiger partial charge in [0, 0.05) is 24.5 Å². The summed E-state index contributed by atoms with van der Waals surface area (Å²) in [6.45, 7) is 0. The van der Waals surface area contributed by atoms with Gasteiger partial charge in [0.2, 0.25) is 0 Å². The summed E-state index contributed by atoms with van der Waals surface area (Å²) in [5, 5.41) is 7.35. The van der Waals surface area contributed by atoms with E-state index in [1.165, 1.54) is 0 Å². The highest BCUT2D eigenvalue weighted by Gasteiger charge is 2.24. The minimum absolute atomic E-state index is 0.141. The molecule has 2 aromatic heterocycles. The standard InChI is InChI=1S/C19H20N4O2/c24-19(17-13-18-20-11-4-12-23(18)22-17)21-14-7-9-16(10-8-14)25-15-5-2-1-3-6-15/h1-6,11-14,16H,7-10H2,(H,21,24). The van der Waals surface area contributed by atoms with E-state index in [0.717, 1.165) is 31.4 Å². The van der Waals surface area contributed by atoms with Gasteiger partial charge in [-0.05, 0) is 43.9 Å². The number of para-hydroxylation sites is 1. The van der Waals surface area contributed by atoms with E-state index in [9.17, 15) is 4.79 Å². The molecular formula is C19H20N4O2. The topological polar surface area (TPSA) is 68.5 Å². The van der Waals surface area contributed by atoms with Crippen molar-refractivity contribution in [1.29, 1.82) is 0 Å². The number of nitrogens with zero attached hydrogens (tertiary/aromatic N) is 3. The van der Waals surface area contributed by atoms with Gasteiger partial charge in [0.1, 0.15) is 5.75 Å². The molecule has 0 radical (unpaired) electrons. The molecule has 0 spiro atoms. The summed E-state index contributed by atoms with van der Waals surface area (Å²) in [5.41, 5.74) is 1.08. The van der Waals surface area contributed by atoms with Gasteiger partial charge < -0.3 is 10.1 Å². The third-order valence-corrected chi connectivity index (χ3v) is 4.52. The number of ether oxygens (including phenoxy) is 1. The molecule has 1 saturated carbocycles. The first-order valence-corrected chi connectivity index (χ1v) is 8.61. The molecule has 6 nitrogen and oxygen atoms in total. The summed E-state index contributed by atoms with van der Waals surface area (Å²) < 4.78 is 7.61. The molecule has 25 heavy (non-hydrogen) atoms. The Kier molecular flexibility index (Phi) is 4.33. The van der Waals surface area contributed by atoms with Crippen LogP contribution in [0.5, 0.6) is 5.75 Å². The van der Waals surface area contributed by atoms with Crippen molar-refractivity contribution in [3.05, 3.63) is 60.6 Å². The number of carbonyl (C=O) groups excluding carboxylic acids is 1. The Morgan fingerprint density at radius 3 is 2.68 bits per heavy atom. The molecule has 2 heterocycles. The van der Waals surface area contributed by atoms with Crippen LogP contribution in [0.4, 0.5) is 0 Å². The lowest BCUT2D eigenvalue weighted by Crippen LogP contribution is -2.39. The van der Waals surface area contributed by atoms with Crippen LogP contribution in [0.1, 0.15) is 36.2 Å². The van der Waals surface area contributed by atoms with Gasteiger partial charge in [0.05, 0.1) is 6.10 Å². The minimum atomic E-state index is -0.141. The summed E-state index contributed by atoms with van der Waals surface area (Å²) in [6, 6.07) is 13.6. The van der Waals surface area contributed by atoms with Crippen molar-refractivity contribution in [2.75, 3.05) is 0 Å². The maximum atomic E-state index is 12.4. The first-order valence-electron chi connectivity index (χ1n) is 8.61. The first-order chi connectivity index (χ1) is 12.3. The number of nitrogens with one attached hydrogen (secondary N) is 1. The van der Waals surface area contributed by atoms with Crippen molar-refractivity contribution >= 4 is 11.6 Å². The lowest BCUT2D eigenvalue weighted by molar-refractivity contribution is 0.0888. The van der Waals surface area contributed by atoms with E-state index in [2.05, 4.69) is 15.4 Å². The summed E-state index contributed by atoms with van der Waals surface area (Å²) in [7, 11) is 0. The van der Waals surface area contributed by atoms with E-state index in [1.807, 2.05) is 30.3 Å². The second kappa shape index (κ2) is 6.93. The monoisotopic (exact) mass is 336 g/mol. The van der Waals surface area contributed by atoms with Gasteiger partial charge in [-0.15, -0.1) is 0 Å². The molecule has 1 N–H and O–H groups in total. The SMILES string of the molecule is O=C(NC1CCC(Oc2ccccc2)CC1)c1cc2ncccn2n1.